The fourth-order valence-electron chi connectivity index (χ4n) is 0.658. The number of halogens is 6. The van der Waals surface area contributed by atoms with Crippen LogP contribution in [0.1, 0.15) is 5.56 Å². The minimum absolute atomic E-state index is 0. The van der Waals surface area contributed by atoms with Crippen LogP contribution in [0.3, 0.4) is 0 Å². The fraction of sp³-hybridized carbons (Fsp3) is 0.143. The second-order valence-corrected chi connectivity index (χ2v) is 2.04. The summed E-state index contributed by atoms with van der Waals surface area (Å²) < 4.78 is 59.8. The number of rotatable bonds is 0. The van der Waals surface area contributed by atoms with Gasteiger partial charge in [-0.05, 0) is 5.56 Å². The first-order chi connectivity index (χ1) is 5.41. The third-order valence-electron chi connectivity index (χ3n) is 1.17. The van der Waals surface area contributed by atoms with Gasteiger partial charge in [0.05, 0.1) is 0 Å². The van der Waals surface area contributed by atoms with Crippen molar-refractivity contribution < 1.29 is 41.4 Å². The molecule has 0 aromatic heterocycles. The Bertz CT molecular complexity index is 299. The molecule has 76 valence electrons. The van der Waals surface area contributed by atoms with Gasteiger partial charge in [0.15, 0.2) is 0 Å². The molecule has 0 fully saturated rings. The molecule has 7 heteroatoms. The van der Waals surface area contributed by atoms with Gasteiger partial charge in [-0.3, -0.25) is 0 Å². The summed E-state index contributed by atoms with van der Waals surface area (Å²) >= 11 is 0. The van der Waals surface area contributed by atoms with Gasteiger partial charge in [0.2, 0.25) is 0 Å². The van der Waals surface area contributed by atoms with Crippen LogP contribution in [0.15, 0.2) is 12.1 Å². The summed E-state index contributed by atoms with van der Waals surface area (Å²) in [6.45, 7) is 0. The monoisotopic (exact) mass is 281 g/mol. The summed E-state index contributed by atoms with van der Waals surface area (Å²) in [5.41, 5.74) is -1.51. The molecule has 1 aromatic carbocycles. The Balaban J connectivity index is 0. The van der Waals surface area contributed by atoms with E-state index in [4.69, 9.17) is 0 Å². The minimum Gasteiger partial charge on any atom is -0.236 e. The Hall–Kier alpha value is -0.217. The van der Waals surface area contributed by atoms with Crippen molar-refractivity contribution in [3.63, 3.8) is 0 Å². The van der Waals surface area contributed by atoms with Crippen LogP contribution in [0, 0.1) is 17.7 Å². The molecule has 0 radical (unpaired) electrons. The Labute approximate surface area is 95.7 Å². The van der Waals surface area contributed by atoms with Crippen LogP contribution in [-0.4, -0.2) is 0 Å². The zero-order valence-electron chi connectivity index (χ0n) is 6.66. The molecule has 0 aliphatic carbocycles. The molecule has 0 saturated carbocycles. The molecule has 0 aliphatic rings. The van der Waals surface area contributed by atoms with Crippen molar-refractivity contribution >= 4 is 12.4 Å². The smallest absolute Gasteiger partial charge is 0.236 e. The predicted molar refractivity (Wildman–Crippen MR) is 37.4 cm³/mol. The molecule has 0 nitrogen and oxygen atoms in total. The summed E-state index contributed by atoms with van der Waals surface area (Å²) in [4.78, 5) is 0. The van der Waals surface area contributed by atoms with Crippen molar-refractivity contribution in [1.82, 2.24) is 0 Å². The van der Waals surface area contributed by atoms with E-state index in [0.717, 1.165) is 0 Å². The molecule has 0 amide bonds. The van der Waals surface area contributed by atoms with E-state index < -0.39 is 23.4 Å². The Morgan fingerprint density at radius 2 is 1.64 bits per heavy atom. The summed E-state index contributed by atoms with van der Waals surface area (Å²) in [7, 11) is 0. The van der Waals surface area contributed by atoms with E-state index in [-0.39, 0.29) is 44.0 Å². The van der Waals surface area contributed by atoms with E-state index in [1.807, 2.05) is 0 Å². The molecule has 0 atom stereocenters. The van der Waals surface area contributed by atoms with Gasteiger partial charge in [-0.1, -0.05) is 6.07 Å². The molecule has 0 bridgehead atoms. The molecular weight excluding hydrogens is 280 g/mol. The van der Waals surface area contributed by atoms with Gasteiger partial charge in [0.25, 0.3) is 0 Å². The summed E-state index contributed by atoms with van der Waals surface area (Å²) in [6, 6.07) is 2.00. The van der Waals surface area contributed by atoms with Crippen LogP contribution < -0.4 is 0 Å². The van der Waals surface area contributed by atoms with Crippen LogP contribution in [0.4, 0.5) is 22.0 Å². The van der Waals surface area contributed by atoms with Gasteiger partial charge in [-0.2, -0.15) is 19.2 Å². The molecule has 0 saturated heterocycles. The van der Waals surface area contributed by atoms with Crippen LogP contribution in [0.25, 0.3) is 0 Å². The molecule has 14 heavy (non-hydrogen) atoms. The van der Waals surface area contributed by atoms with E-state index in [9.17, 15) is 22.0 Å². The first-order valence-electron chi connectivity index (χ1n) is 2.85. The number of benzene rings is 1. The quantitative estimate of drug-likeness (QED) is 0.389. The normalized spacial score (nSPS) is 10.1. The van der Waals surface area contributed by atoms with Crippen molar-refractivity contribution in [2.75, 3.05) is 0 Å². The summed E-state index contributed by atoms with van der Waals surface area (Å²) in [5, 5.41) is 0. The average Bonchev–Trinajstić information content (AvgIpc) is 1.83. The number of alkyl halides is 3. The second kappa shape index (κ2) is 5.61. The Morgan fingerprint density at radius 3 is 2.00 bits per heavy atom. The largest absolute Gasteiger partial charge is 0.372 e. The minimum atomic E-state index is -4.80. The van der Waals surface area contributed by atoms with Crippen LogP contribution in [0.5, 0.6) is 0 Å². The third-order valence-corrected chi connectivity index (χ3v) is 1.17. The van der Waals surface area contributed by atoms with Crippen molar-refractivity contribution in [2.45, 2.75) is 6.18 Å². The maximum Gasteiger partial charge on any atom is 0.372 e. The van der Waals surface area contributed by atoms with Gasteiger partial charge < -0.3 is 0 Å². The molecule has 0 aliphatic heterocycles. The maximum absolute atomic E-state index is 12.4. The average molecular weight is 283 g/mol. The zero-order chi connectivity index (χ0) is 9.35. The van der Waals surface area contributed by atoms with Crippen LogP contribution in [-0.2, 0) is 25.7 Å². The third kappa shape index (κ3) is 3.88. The summed E-state index contributed by atoms with van der Waals surface area (Å²) in [6.07, 6.45) is -4.80. The number of hydrogen-bond donors (Lipinski definition) is 0. The van der Waals surface area contributed by atoms with Crippen LogP contribution >= 0.6 is 12.4 Å². The van der Waals surface area contributed by atoms with E-state index in [1.54, 1.807) is 6.07 Å². The molecule has 0 unspecified atom stereocenters. The van der Waals surface area contributed by atoms with Crippen molar-refractivity contribution in [3.05, 3.63) is 35.4 Å². The van der Waals surface area contributed by atoms with Gasteiger partial charge in [0.1, 0.15) is 0 Å². The predicted octanol–water partition coefficient (Wildman–Crippen LogP) is 3.20. The van der Waals surface area contributed by atoms with Crippen molar-refractivity contribution in [3.8, 4) is 0 Å². The summed E-state index contributed by atoms with van der Waals surface area (Å²) in [5.74, 6) is -2.78. The van der Waals surface area contributed by atoms with Gasteiger partial charge >= 0.3 is 6.18 Å². The van der Waals surface area contributed by atoms with Crippen molar-refractivity contribution in [2.24, 2.45) is 0 Å². The van der Waals surface area contributed by atoms with E-state index >= 15 is 0 Å². The van der Waals surface area contributed by atoms with E-state index in [0.29, 0.717) is 0 Å². The first-order valence-corrected chi connectivity index (χ1v) is 2.85. The molecule has 0 heterocycles. The SMILES string of the molecule is Cl.Fc1[c-]cc(C(F)(F)F)c(F)c1.[Zn]. The first kappa shape index (κ1) is 16.2. The molecular formula is C7H3ClF5Zn-. The molecule has 1 rings (SSSR count). The maximum atomic E-state index is 12.4. The van der Waals surface area contributed by atoms with E-state index in [2.05, 4.69) is 0 Å². The van der Waals surface area contributed by atoms with Gasteiger partial charge in [-0.25, -0.2) is 8.78 Å². The standard InChI is InChI=1S/C7H2F5.ClH.Zn/c8-4-1-2-5(6(9)3-4)7(10,11)12;;/h2-3H;1H;/q-1;;. The topological polar surface area (TPSA) is 0 Å². The molecule has 0 N–H and O–H groups in total. The fourth-order valence-corrected chi connectivity index (χ4v) is 0.658. The molecule has 1 aromatic rings. The van der Waals surface area contributed by atoms with Crippen LogP contribution in [0.2, 0.25) is 0 Å². The number of hydrogen-bond acceptors (Lipinski definition) is 0. The molecule has 0 spiro atoms. The second-order valence-electron chi connectivity index (χ2n) is 2.04. The van der Waals surface area contributed by atoms with Crippen molar-refractivity contribution in [1.29, 1.82) is 0 Å². The zero-order valence-corrected chi connectivity index (χ0v) is 10.4. The van der Waals surface area contributed by atoms with Gasteiger partial charge in [-0.15, -0.1) is 18.5 Å². The van der Waals surface area contributed by atoms with Gasteiger partial charge in [0, 0.05) is 31.1 Å². The van der Waals surface area contributed by atoms with E-state index in [1.165, 1.54) is 0 Å². The Kier molecular flexibility index (Phi) is 6.50. The Morgan fingerprint density at radius 1 is 1.14 bits per heavy atom.